The van der Waals surface area contributed by atoms with Crippen molar-refractivity contribution in [2.45, 2.75) is 38.8 Å². The number of hydrogen-bond acceptors (Lipinski definition) is 4. The van der Waals surface area contributed by atoms with Crippen molar-refractivity contribution in [2.24, 2.45) is 5.92 Å². The molecule has 1 aromatic heterocycles. The molecule has 0 spiro atoms. The summed E-state index contributed by atoms with van der Waals surface area (Å²) in [6, 6.07) is 0.136. The minimum Gasteiger partial charge on any atom is -0.393 e. The number of aliphatic hydroxyl groups excluding tert-OH is 1. The lowest BCUT2D eigenvalue weighted by Gasteiger charge is -2.31. The van der Waals surface area contributed by atoms with Crippen molar-refractivity contribution >= 4 is 5.82 Å². The summed E-state index contributed by atoms with van der Waals surface area (Å²) in [5.74, 6) is 0.862. The van der Waals surface area contributed by atoms with Gasteiger partial charge in [0.15, 0.2) is 5.82 Å². The van der Waals surface area contributed by atoms with E-state index in [0.717, 1.165) is 12.8 Å². The summed E-state index contributed by atoms with van der Waals surface area (Å²) in [7, 11) is 0. The molecule has 0 amide bonds. The Balaban J connectivity index is 2.01. The van der Waals surface area contributed by atoms with Gasteiger partial charge in [-0.2, -0.15) is 0 Å². The number of hydrogen-bond donors (Lipinski definition) is 2. The zero-order valence-electron chi connectivity index (χ0n) is 10.3. The second kappa shape index (κ2) is 4.87. The highest BCUT2D eigenvalue weighted by Gasteiger charge is 2.26. The van der Waals surface area contributed by atoms with Gasteiger partial charge in [0, 0.05) is 25.0 Å². The molecule has 1 saturated carbocycles. The molecule has 1 aliphatic rings. The Hall–Kier alpha value is -1.36. The second-order valence-electron chi connectivity index (χ2n) is 4.95. The highest BCUT2D eigenvalue weighted by molar-refractivity contribution is 5.31. The molecule has 17 heavy (non-hydrogen) atoms. The summed E-state index contributed by atoms with van der Waals surface area (Å²) < 4.78 is 1.66. The SMILES string of the molecule is CC(C)n1ccnc(NCC2CC(O)C2)c1=O. The van der Waals surface area contributed by atoms with Crippen LogP contribution in [0, 0.1) is 5.92 Å². The van der Waals surface area contributed by atoms with Gasteiger partial charge < -0.3 is 15.0 Å². The van der Waals surface area contributed by atoms with Gasteiger partial charge in [-0.15, -0.1) is 0 Å². The minimum absolute atomic E-state index is 0.0811. The third kappa shape index (κ3) is 2.66. The maximum absolute atomic E-state index is 12.0. The fraction of sp³-hybridized carbons (Fsp3) is 0.667. The van der Waals surface area contributed by atoms with Crippen molar-refractivity contribution < 1.29 is 5.11 Å². The number of rotatable bonds is 4. The van der Waals surface area contributed by atoms with Crippen LogP contribution >= 0.6 is 0 Å². The third-order valence-corrected chi connectivity index (χ3v) is 3.19. The van der Waals surface area contributed by atoms with Gasteiger partial charge in [-0.05, 0) is 32.6 Å². The fourth-order valence-electron chi connectivity index (χ4n) is 2.06. The predicted molar refractivity (Wildman–Crippen MR) is 66.1 cm³/mol. The van der Waals surface area contributed by atoms with Crippen LogP contribution in [0.25, 0.3) is 0 Å². The predicted octanol–water partition coefficient (Wildman–Crippen LogP) is 1.01. The molecule has 1 aliphatic carbocycles. The van der Waals surface area contributed by atoms with Gasteiger partial charge in [0.05, 0.1) is 6.10 Å². The molecule has 94 valence electrons. The first-order chi connectivity index (χ1) is 8.08. The molecular weight excluding hydrogens is 218 g/mol. The van der Waals surface area contributed by atoms with E-state index in [0.29, 0.717) is 18.3 Å². The van der Waals surface area contributed by atoms with E-state index in [-0.39, 0.29) is 17.7 Å². The molecule has 2 rings (SSSR count). The summed E-state index contributed by atoms with van der Waals surface area (Å²) in [4.78, 5) is 16.0. The first-order valence-corrected chi connectivity index (χ1v) is 6.07. The molecule has 0 saturated heterocycles. The van der Waals surface area contributed by atoms with E-state index in [1.54, 1.807) is 17.0 Å². The monoisotopic (exact) mass is 237 g/mol. The van der Waals surface area contributed by atoms with Crippen molar-refractivity contribution in [3.05, 3.63) is 22.7 Å². The average molecular weight is 237 g/mol. The van der Waals surface area contributed by atoms with E-state index in [9.17, 15) is 9.90 Å². The molecule has 5 nitrogen and oxygen atoms in total. The first kappa shape index (κ1) is 12.1. The van der Waals surface area contributed by atoms with E-state index in [1.165, 1.54) is 0 Å². The Morgan fingerprint density at radius 3 is 2.88 bits per heavy atom. The summed E-state index contributed by atoms with van der Waals surface area (Å²) in [5.41, 5.74) is -0.0811. The molecule has 0 radical (unpaired) electrons. The van der Waals surface area contributed by atoms with Crippen LogP contribution in [0.1, 0.15) is 32.7 Å². The maximum Gasteiger partial charge on any atom is 0.293 e. The van der Waals surface area contributed by atoms with E-state index >= 15 is 0 Å². The van der Waals surface area contributed by atoms with Crippen molar-refractivity contribution in [3.8, 4) is 0 Å². The van der Waals surface area contributed by atoms with Gasteiger partial charge in [0.2, 0.25) is 0 Å². The van der Waals surface area contributed by atoms with Gasteiger partial charge in [0.1, 0.15) is 0 Å². The Kier molecular flexibility index (Phi) is 3.47. The normalized spacial score (nSPS) is 23.5. The molecule has 0 bridgehead atoms. The van der Waals surface area contributed by atoms with Crippen molar-refractivity contribution in [2.75, 3.05) is 11.9 Å². The number of anilines is 1. The van der Waals surface area contributed by atoms with Gasteiger partial charge in [-0.3, -0.25) is 4.79 Å². The van der Waals surface area contributed by atoms with E-state index < -0.39 is 0 Å². The largest absolute Gasteiger partial charge is 0.393 e. The Morgan fingerprint density at radius 2 is 2.29 bits per heavy atom. The maximum atomic E-state index is 12.0. The van der Waals surface area contributed by atoms with Crippen LogP contribution < -0.4 is 10.9 Å². The Labute approximate surface area is 100 Å². The lowest BCUT2D eigenvalue weighted by molar-refractivity contribution is 0.0486. The van der Waals surface area contributed by atoms with Gasteiger partial charge in [0.25, 0.3) is 5.56 Å². The Morgan fingerprint density at radius 1 is 1.59 bits per heavy atom. The lowest BCUT2D eigenvalue weighted by atomic mass is 9.82. The molecule has 1 heterocycles. The summed E-state index contributed by atoms with van der Waals surface area (Å²) in [6.45, 7) is 4.64. The van der Waals surface area contributed by atoms with Crippen LogP contribution in [0.2, 0.25) is 0 Å². The fourth-order valence-corrected chi connectivity index (χ4v) is 2.06. The molecule has 1 aromatic rings. The standard InChI is InChI=1S/C12H19N3O2/c1-8(2)15-4-3-13-11(12(15)17)14-7-9-5-10(16)6-9/h3-4,8-10,16H,5-7H2,1-2H3,(H,13,14). The Bertz CT molecular complexity index is 436. The van der Waals surface area contributed by atoms with Gasteiger partial charge in [-0.25, -0.2) is 4.98 Å². The molecular formula is C12H19N3O2. The summed E-state index contributed by atoms with van der Waals surface area (Å²) in [6.07, 6.45) is 4.82. The average Bonchev–Trinajstić information content (AvgIpc) is 2.24. The molecule has 0 aromatic carbocycles. The highest BCUT2D eigenvalue weighted by atomic mass is 16.3. The van der Waals surface area contributed by atoms with Crippen LogP contribution in [0.4, 0.5) is 5.82 Å². The van der Waals surface area contributed by atoms with Gasteiger partial charge >= 0.3 is 0 Å². The molecule has 0 aliphatic heterocycles. The zero-order valence-corrected chi connectivity index (χ0v) is 10.3. The number of nitrogens with one attached hydrogen (secondary N) is 1. The highest BCUT2D eigenvalue weighted by Crippen LogP contribution is 2.26. The topological polar surface area (TPSA) is 67.2 Å². The minimum atomic E-state index is -0.155. The molecule has 0 unspecified atom stereocenters. The van der Waals surface area contributed by atoms with Crippen LogP contribution in [-0.2, 0) is 0 Å². The van der Waals surface area contributed by atoms with Crippen LogP contribution in [-0.4, -0.2) is 27.3 Å². The number of aliphatic hydroxyl groups is 1. The molecule has 2 N–H and O–H groups in total. The number of nitrogens with zero attached hydrogens (tertiary/aromatic N) is 2. The third-order valence-electron chi connectivity index (χ3n) is 3.19. The first-order valence-electron chi connectivity index (χ1n) is 6.07. The zero-order chi connectivity index (χ0) is 12.4. The van der Waals surface area contributed by atoms with Crippen molar-refractivity contribution in [1.29, 1.82) is 0 Å². The quantitative estimate of drug-likeness (QED) is 0.820. The lowest BCUT2D eigenvalue weighted by Crippen LogP contribution is -2.35. The second-order valence-corrected chi connectivity index (χ2v) is 4.95. The molecule has 5 heteroatoms. The molecule has 0 atom stereocenters. The van der Waals surface area contributed by atoms with Crippen molar-refractivity contribution in [3.63, 3.8) is 0 Å². The van der Waals surface area contributed by atoms with E-state index in [1.807, 2.05) is 13.8 Å². The van der Waals surface area contributed by atoms with Crippen LogP contribution in [0.5, 0.6) is 0 Å². The van der Waals surface area contributed by atoms with Crippen LogP contribution in [0.15, 0.2) is 17.2 Å². The number of aromatic nitrogens is 2. The molecule has 1 fully saturated rings. The summed E-state index contributed by atoms with van der Waals surface area (Å²) >= 11 is 0. The van der Waals surface area contributed by atoms with E-state index in [4.69, 9.17) is 0 Å². The smallest absolute Gasteiger partial charge is 0.293 e. The summed E-state index contributed by atoms with van der Waals surface area (Å²) in [5, 5.41) is 12.3. The van der Waals surface area contributed by atoms with E-state index in [2.05, 4.69) is 10.3 Å². The van der Waals surface area contributed by atoms with Crippen LogP contribution in [0.3, 0.4) is 0 Å². The van der Waals surface area contributed by atoms with Gasteiger partial charge in [-0.1, -0.05) is 0 Å². The van der Waals surface area contributed by atoms with Crippen molar-refractivity contribution in [1.82, 2.24) is 9.55 Å².